The van der Waals surface area contributed by atoms with Gasteiger partial charge in [-0.25, -0.2) is 9.59 Å². The van der Waals surface area contributed by atoms with Gasteiger partial charge in [-0.1, -0.05) is 32.2 Å². The summed E-state index contributed by atoms with van der Waals surface area (Å²) in [5.74, 6) is -2.83. The van der Waals surface area contributed by atoms with Gasteiger partial charge < -0.3 is 19.1 Å². The SMILES string of the molecule is C=CCOC(=O)O[C@H](C)[C@H]1C(=O)N2[C@@H](C(=O)OCC=C)C(=O)[C@H](C)[C@@H]12. The fourth-order valence-electron chi connectivity index (χ4n) is 3.28. The van der Waals surface area contributed by atoms with E-state index in [1.807, 2.05) is 0 Å². The van der Waals surface area contributed by atoms with Crippen LogP contribution in [0, 0.1) is 11.8 Å². The maximum Gasteiger partial charge on any atom is 0.508 e. The van der Waals surface area contributed by atoms with Crippen molar-refractivity contribution in [2.24, 2.45) is 11.8 Å². The molecule has 1 amide bonds. The lowest BCUT2D eigenvalue weighted by atomic mass is 9.79. The van der Waals surface area contributed by atoms with Crippen molar-refractivity contribution in [3.05, 3.63) is 25.3 Å². The number of esters is 1. The highest BCUT2D eigenvalue weighted by molar-refractivity contribution is 6.12. The maximum atomic E-state index is 12.5. The Morgan fingerprint density at radius 2 is 1.80 bits per heavy atom. The Bertz CT molecular complexity index is 614. The number of hydrogen-bond donors (Lipinski definition) is 0. The third-order valence-electron chi connectivity index (χ3n) is 4.41. The molecule has 25 heavy (non-hydrogen) atoms. The molecule has 2 aliphatic heterocycles. The molecule has 0 spiro atoms. The molecule has 0 unspecified atom stereocenters. The third-order valence-corrected chi connectivity index (χ3v) is 4.41. The van der Waals surface area contributed by atoms with Gasteiger partial charge in [-0.3, -0.25) is 9.59 Å². The highest BCUT2D eigenvalue weighted by Crippen LogP contribution is 2.43. The van der Waals surface area contributed by atoms with E-state index in [1.54, 1.807) is 13.8 Å². The zero-order chi connectivity index (χ0) is 18.7. The second kappa shape index (κ2) is 7.50. The molecule has 136 valence electrons. The molecule has 5 atom stereocenters. The summed E-state index contributed by atoms with van der Waals surface area (Å²) in [6.07, 6.45) is 1.06. The Morgan fingerprint density at radius 3 is 2.40 bits per heavy atom. The summed E-state index contributed by atoms with van der Waals surface area (Å²) in [5.41, 5.74) is 0. The first kappa shape index (κ1) is 18.7. The number of ether oxygens (including phenoxy) is 3. The molecule has 2 aliphatic rings. The van der Waals surface area contributed by atoms with Gasteiger partial charge in [-0.15, -0.1) is 0 Å². The average molecular weight is 351 g/mol. The lowest BCUT2D eigenvalue weighted by Gasteiger charge is -2.46. The van der Waals surface area contributed by atoms with Gasteiger partial charge in [-0.2, -0.15) is 0 Å². The van der Waals surface area contributed by atoms with E-state index in [1.165, 1.54) is 17.1 Å². The molecule has 0 aromatic heterocycles. The van der Waals surface area contributed by atoms with Gasteiger partial charge in [0.05, 0.1) is 12.0 Å². The lowest BCUT2D eigenvalue weighted by molar-refractivity contribution is -0.173. The first-order valence-electron chi connectivity index (χ1n) is 7.92. The van der Waals surface area contributed by atoms with Gasteiger partial charge in [0.15, 0.2) is 11.8 Å². The standard InChI is InChI=1S/C17H21NO7/c1-5-7-23-16(21)13-14(19)9(3)12-11(15(20)18(12)13)10(4)25-17(22)24-8-6-2/h5-6,9-13H,1-2,7-8H2,3-4H3/t9-,10-,11-,12+,13-/m1/s1. The number of carbonyl (C=O) groups is 4. The molecule has 0 aliphatic carbocycles. The quantitative estimate of drug-likeness (QED) is 0.290. The van der Waals surface area contributed by atoms with Crippen molar-refractivity contribution >= 4 is 23.8 Å². The first-order valence-corrected chi connectivity index (χ1v) is 7.92. The highest BCUT2D eigenvalue weighted by Gasteiger charge is 2.65. The van der Waals surface area contributed by atoms with Gasteiger partial charge in [0.25, 0.3) is 0 Å². The van der Waals surface area contributed by atoms with Crippen LogP contribution in [0.1, 0.15) is 13.8 Å². The van der Waals surface area contributed by atoms with Crippen molar-refractivity contribution < 1.29 is 33.4 Å². The minimum Gasteiger partial charge on any atom is -0.460 e. The Kier molecular flexibility index (Phi) is 5.61. The Hall–Kier alpha value is -2.64. The molecule has 8 nitrogen and oxygen atoms in total. The largest absolute Gasteiger partial charge is 0.508 e. The molecular weight excluding hydrogens is 330 g/mol. The van der Waals surface area contributed by atoms with Crippen LogP contribution in [0.3, 0.4) is 0 Å². The van der Waals surface area contributed by atoms with Crippen molar-refractivity contribution in [3.8, 4) is 0 Å². The summed E-state index contributed by atoms with van der Waals surface area (Å²) in [4.78, 5) is 49.7. The molecule has 0 bridgehead atoms. The molecule has 0 aromatic rings. The van der Waals surface area contributed by atoms with E-state index in [-0.39, 0.29) is 19.0 Å². The summed E-state index contributed by atoms with van der Waals surface area (Å²) >= 11 is 0. The fraction of sp³-hybridized carbons (Fsp3) is 0.529. The van der Waals surface area contributed by atoms with E-state index >= 15 is 0 Å². The maximum absolute atomic E-state index is 12.5. The van der Waals surface area contributed by atoms with Gasteiger partial charge in [0.2, 0.25) is 5.91 Å². The van der Waals surface area contributed by atoms with E-state index < -0.39 is 48.1 Å². The molecule has 0 radical (unpaired) electrons. The van der Waals surface area contributed by atoms with E-state index in [2.05, 4.69) is 13.2 Å². The van der Waals surface area contributed by atoms with Crippen molar-refractivity contribution in [2.75, 3.05) is 13.2 Å². The second-order valence-corrected chi connectivity index (χ2v) is 5.95. The first-order chi connectivity index (χ1) is 11.8. The van der Waals surface area contributed by atoms with E-state index in [0.717, 1.165) is 0 Å². The van der Waals surface area contributed by atoms with Crippen LogP contribution in [0.2, 0.25) is 0 Å². The molecular formula is C17H21NO7. The number of β-lactam (4-membered cyclic amide) rings is 1. The second-order valence-electron chi connectivity index (χ2n) is 5.95. The van der Waals surface area contributed by atoms with Crippen molar-refractivity contribution in [3.63, 3.8) is 0 Å². The third kappa shape index (κ3) is 3.29. The molecule has 8 heteroatoms. The number of rotatable bonds is 7. The van der Waals surface area contributed by atoms with Crippen molar-refractivity contribution in [1.82, 2.24) is 4.90 Å². The molecule has 2 heterocycles. The lowest BCUT2D eigenvalue weighted by Crippen LogP contribution is -2.66. The summed E-state index contributed by atoms with van der Waals surface area (Å²) in [7, 11) is 0. The number of ketones is 1. The summed E-state index contributed by atoms with van der Waals surface area (Å²) in [5, 5.41) is 0. The monoisotopic (exact) mass is 351 g/mol. The van der Waals surface area contributed by atoms with Gasteiger partial charge in [-0.05, 0) is 6.92 Å². The van der Waals surface area contributed by atoms with Gasteiger partial charge in [0.1, 0.15) is 19.3 Å². The van der Waals surface area contributed by atoms with Crippen LogP contribution in [0.15, 0.2) is 25.3 Å². The fourth-order valence-corrected chi connectivity index (χ4v) is 3.28. The van der Waals surface area contributed by atoms with Crippen molar-refractivity contribution in [2.45, 2.75) is 32.0 Å². The molecule has 0 N–H and O–H groups in total. The zero-order valence-corrected chi connectivity index (χ0v) is 14.2. The summed E-state index contributed by atoms with van der Waals surface area (Å²) < 4.78 is 14.7. The van der Waals surface area contributed by atoms with Crippen LogP contribution >= 0.6 is 0 Å². The van der Waals surface area contributed by atoms with Crippen LogP contribution < -0.4 is 0 Å². The number of nitrogens with zero attached hydrogens (tertiary/aromatic N) is 1. The number of carbonyl (C=O) groups excluding carboxylic acids is 4. The smallest absolute Gasteiger partial charge is 0.460 e. The molecule has 2 saturated heterocycles. The van der Waals surface area contributed by atoms with Gasteiger partial charge >= 0.3 is 12.1 Å². The number of Topliss-reactive ketones (excluding diaryl/α,β-unsaturated/α-hetero) is 1. The summed E-state index contributed by atoms with van der Waals surface area (Å²) in [6.45, 7) is 9.99. The topological polar surface area (TPSA) is 99.2 Å². The summed E-state index contributed by atoms with van der Waals surface area (Å²) in [6, 6.07) is -1.76. The minimum atomic E-state index is -1.25. The number of amides is 1. The van der Waals surface area contributed by atoms with Crippen molar-refractivity contribution in [1.29, 1.82) is 0 Å². The van der Waals surface area contributed by atoms with E-state index in [4.69, 9.17) is 14.2 Å². The van der Waals surface area contributed by atoms with Crippen LogP contribution in [0.5, 0.6) is 0 Å². The van der Waals surface area contributed by atoms with E-state index in [0.29, 0.717) is 0 Å². The minimum absolute atomic E-state index is 0.00811. The molecule has 0 saturated carbocycles. The highest BCUT2D eigenvalue weighted by atomic mass is 16.7. The van der Waals surface area contributed by atoms with Crippen LogP contribution in [-0.4, -0.2) is 60.1 Å². The normalized spacial score (nSPS) is 28.5. The Balaban J connectivity index is 2.07. The van der Waals surface area contributed by atoms with Crippen LogP contribution in [-0.2, 0) is 28.6 Å². The molecule has 0 aromatic carbocycles. The zero-order valence-electron chi connectivity index (χ0n) is 14.2. The predicted octanol–water partition coefficient (Wildman–Crippen LogP) is 0.858. The Labute approximate surface area is 145 Å². The molecule has 2 rings (SSSR count). The predicted molar refractivity (Wildman–Crippen MR) is 85.3 cm³/mol. The Morgan fingerprint density at radius 1 is 1.20 bits per heavy atom. The van der Waals surface area contributed by atoms with Crippen LogP contribution in [0.4, 0.5) is 4.79 Å². The molecule has 2 fully saturated rings. The number of fused-ring (bicyclic) bond motifs is 1. The van der Waals surface area contributed by atoms with Gasteiger partial charge in [0, 0.05) is 5.92 Å². The van der Waals surface area contributed by atoms with Crippen LogP contribution in [0.25, 0.3) is 0 Å². The van der Waals surface area contributed by atoms with E-state index in [9.17, 15) is 19.2 Å². The number of hydrogen-bond acceptors (Lipinski definition) is 7. The average Bonchev–Trinajstić information content (AvgIpc) is 2.79.